The second kappa shape index (κ2) is 14.8. The van der Waals surface area contributed by atoms with E-state index in [4.69, 9.17) is 10.5 Å². The highest BCUT2D eigenvalue weighted by Gasteiger charge is 2.25. The van der Waals surface area contributed by atoms with E-state index in [1.54, 1.807) is 30.9 Å². The second-order valence-electron chi connectivity index (χ2n) is 9.46. The van der Waals surface area contributed by atoms with Crippen LogP contribution in [-0.4, -0.2) is 66.3 Å². The number of aliphatic hydroxyl groups excluding tert-OH is 1. The van der Waals surface area contributed by atoms with Crippen LogP contribution in [0.15, 0.2) is 36.4 Å². The molecule has 0 saturated heterocycles. The Hall–Kier alpha value is -2.88. The average molecular weight is 520 g/mol. The largest absolute Gasteiger partial charge is 0.456 e. The fourth-order valence-electron chi connectivity index (χ4n) is 4.06. The number of aliphatic hydroxyl groups is 1. The highest BCUT2D eigenvalue weighted by molar-refractivity contribution is 5.98. The number of nitrogens with one attached hydrogen (secondary N) is 1. The molecule has 204 valence electrons. The number of hydrogen-bond acceptors (Lipinski definition) is 6. The standard InChI is InChI=1S/C28H39F2N3O4/c1-5-7-33(8-6-2)27(35)21-9-18(3)10-22(14-21)28(36)37-26(16-32-19(4)17-34)25(31)13-20-11-23(29)15-24(30)12-20/h9-12,14-15,19,25-26,32,34H,5-8,13,16-17,31H2,1-4H3/t19-,25+,26-/m1/s1. The normalized spacial score (nSPS) is 13.6. The number of nitrogens with two attached hydrogens (primary N) is 1. The highest BCUT2D eigenvalue weighted by atomic mass is 19.1. The Morgan fingerprint density at radius 3 is 2.19 bits per heavy atom. The van der Waals surface area contributed by atoms with Gasteiger partial charge in [0.05, 0.1) is 12.2 Å². The summed E-state index contributed by atoms with van der Waals surface area (Å²) in [6.45, 7) is 8.77. The van der Waals surface area contributed by atoms with Crippen LogP contribution in [0.1, 0.15) is 65.5 Å². The summed E-state index contributed by atoms with van der Waals surface area (Å²) < 4.78 is 33.1. The van der Waals surface area contributed by atoms with Gasteiger partial charge in [-0.15, -0.1) is 0 Å². The van der Waals surface area contributed by atoms with Crippen LogP contribution in [0.4, 0.5) is 8.78 Å². The maximum Gasteiger partial charge on any atom is 0.338 e. The lowest BCUT2D eigenvalue weighted by molar-refractivity contribution is 0.0228. The van der Waals surface area contributed by atoms with Crippen LogP contribution in [0, 0.1) is 18.6 Å². The molecular weight excluding hydrogens is 480 g/mol. The molecule has 0 aromatic heterocycles. The molecule has 1 amide bonds. The molecule has 0 aliphatic carbocycles. The summed E-state index contributed by atoms with van der Waals surface area (Å²) in [6.07, 6.45) is 0.827. The molecule has 0 aliphatic heterocycles. The third kappa shape index (κ3) is 9.50. The fraction of sp³-hybridized carbons (Fsp3) is 0.500. The van der Waals surface area contributed by atoms with Crippen LogP contribution in [0.5, 0.6) is 0 Å². The van der Waals surface area contributed by atoms with Gasteiger partial charge >= 0.3 is 5.97 Å². The molecular formula is C28H39F2N3O4. The van der Waals surface area contributed by atoms with Crippen molar-refractivity contribution in [1.29, 1.82) is 0 Å². The molecule has 2 aromatic rings. The SMILES string of the molecule is CCCN(CCC)C(=O)c1cc(C)cc(C(=O)O[C@H](CN[C@H](C)CO)[C@@H](N)Cc2cc(F)cc(F)c2)c1. The minimum Gasteiger partial charge on any atom is -0.456 e. The first-order chi connectivity index (χ1) is 17.6. The van der Waals surface area contributed by atoms with Crippen molar-refractivity contribution in [1.82, 2.24) is 10.2 Å². The predicted molar refractivity (Wildman–Crippen MR) is 139 cm³/mol. The zero-order valence-corrected chi connectivity index (χ0v) is 22.1. The molecule has 2 aromatic carbocycles. The summed E-state index contributed by atoms with van der Waals surface area (Å²) in [5, 5.41) is 12.4. The number of amides is 1. The summed E-state index contributed by atoms with van der Waals surface area (Å²) >= 11 is 0. The quantitative estimate of drug-likeness (QED) is 0.330. The number of carbonyl (C=O) groups excluding carboxylic acids is 2. The number of aryl methyl sites for hydroxylation is 1. The lowest BCUT2D eigenvalue weighted by atomic mass is 10.0. The summed E-state index contributed by atoms with van der Waals surface area (Å²) in [5.74, 6) is -2.26. The number of carbonyl (C=O) groups is 2. The van der Waals surface area contributed by atoms with Crippen LogP contribution in [-0.2, 0) is 11.2 Å². The summed E-state index contributed by atoms with van der Waals surface area (Å²) in [5.41, 5.74) is 8.00. The molecule has 3 atom stereocenters. The van der Waals surface area contributed by atoms with Gasteiger partial charge in [0.25, 0.3) is 5.91 Å². The zero-order chi connectivity index (χ0) is 27.5. The molecule has 0 fully saturated rings. The number of esters is 1. The number of halogens is 2. The summed E-state index contributed by atoms with van der Waals surface area (Å²) in [7, 11) is 0. The van der Waals surface area contributed by atoms with E-state index >= 15 is 0 Å². The van der Waals surface area contributed by atoms with Gasteiger partial charge in [-0.25, -0.2) is 13.6 Å². The van der Waals surface area contributed by atoms with Crippen LogP contribution < -0.4 is 11.1 Å². The van der Waals surface area contributed by atoms with E-state index in [9.17, 15) is 23.5 Å². The molecule has 0 unspecified atom stereocenters. The van der Waals surface area contributed by atoms with Gasteiger partial charge in [-0.1, -0.05) is 13.8 Å². The maximum absolute atomic E-state index is 13.7. The van der Waals surface area contributed by atoms with E-state index in [1.165, 1.54) is 18.2 Å². The van der Waals surface area contributed by atoms with E-state index in [0.29, 0.717) is 24.2 Å². The van der Waals surface area contributed by atoms with Crippen LogP contribution >= 0.6 is 0 Å². The first-order valence-electron chi connectivity index (χ1n) is 12.7. The van der Waals surface area contributed by atoms with Gasteiger partial charge in [0.1, 0.15) is 17.7 Å². The Labute approximate surface area is 218 Å². The lowest BCUT2D eigenvalue weighted by Gasteiger charge is -2.26. The molecule has 0 bridgehead atoms. The van der Waals surface area contributed by atoms with Crippen molar-refractivity contribution in [3.63, 3.8) is 0 Å². The Bertz CT molecular complexity index is 1020. The smallest absolute Gasteiger partial charge is 0.338 e. The van der Waals surface area contributed by atoms with Crippen molar-refractivity contribution in [3.8, 4) is 0 Å². The first kappa shape index (κ1) is 30.3. The monoisotopic (exact) mass is 519 g/mol. The van der Waals surface area contributed by atoms with Crippen molar-refractivity contribution in [2.75, 3.05) is 26.2 Å². The number of hydrogen-bond donors (Lipinski definition) is 3. The Balaban J connectivity index is 2.27. The van der Waals surface area contributed by atoms with Gasteiger partial charge in [0, 0.05) is 43.3 Å². The highest BCUT2D eigenvalue weighted by Crippen LogP contribution is 2.17. The van der Waals surface area contributed by atoms with Crippen molar-refractivity contribution in [3.05, 3.63) is 70.3 Å². The number of nitrogens with zero attached hydrogens (tertiary/aromatic N) is 1. The molecule has 4 N–H and O–H groups in total. The first-order valence-corrected chi connectivity index (χ1v) is 12.7. The summed E-state index contributed by atoms with van der Waals surface area (Å²) in [4.78, 5) is 28.1. The minimum absolute atomic E-state index is 0.0579. The van der Waals surface area contributed by atoms with E-state index in [1.807, 2.05) is 13.8 Å². The van der Waals surface area contributed by atoms with Gasteiger partial charge in [0.2, 0.25) is 0 Å². The topological polar surface area (TPSA) is 105 Å². The fourth-order valence-corrected chi connectivity index (χ4v) is 4.06. The summed E-state index contributed by atoms with van der Waals surface area (Å²) in [6, 6.07) is 6.96. The lowest BCUT2D eigenvalue weighted by Crippen LogP contribution is -2.48. The molecule has 0 heterocycles. The van der Waals surface area contributed by atoms with E-state index < -0.39 is 29.7 Å². The van der Waals surface area contributed by atoms with Crippen molar-refractivity contribution in [2.24, 2.45) is 5.73 Å². The van der Waals surface area contributed by atoms with E-state index in [2.05, 4.69) is 5.32 Å². The molecule has 7 nitrogen and oxygen atoms in total. The average Bonchev–Trinajstić information content (AvgIpc) is 2.84. The number of ether oxygens (including phenoxy) is 1. The molecule has 37 heavy (non-hydrogen) atoms. The van der Waals surface area contributed by atoms with E-state index in [-0.39, 0.29) is 37.1 Å². The molecule has 9 heteroatoms. The van der Waals surface area contributed by atoms with Gasteiger partial charge in [0.15, 0.2) is 0 Å². The number of benzene rings is 2. The van der Waals surface area contributed by atoms with Gasteiger partial charge < -0.3 is 25.8 Å². The van der Waals surface area contributed by atoms with Crippen LogP contribution in [0.25, 0.3) is 0 Å². The Morgan fingerprint density at radius 2 is 1.62 bits per heavy atom. The Kier molecular flexibility index (Phi) is 12.1. The molecule has 0 radical (unpaired) electrons. The van der Waals surface area contributed by atoms with Crippen molar-refractivity contribution in [2.45, 2.75) is 65.1 Å². The van der Waals surface area contributed by atoms with Gasteiger partial charge in [-0.3, -0.25) is 4.79 Å². The van der Waals surface area contributed by atoms with Crippen molar-refractivity contribution >= 4 is 11.9 Å². The minimum atomic E-state index is -0.871. The third-order valence-electron chi connectivity index (χ3n) is 5.91. The Morgan fingerprint density at radius 1 is 1.03 bits per heavy atom. The van der Waals surface area contributed by atoms with E-state index in [0.717, 1.165) is 24.5 Å². The molecule has 2 rings (SSSR count). The van der Waals surface area contributed by atoms with Gasteiger partial charge in [-0.2, -0.15) is 0 Å². The van der Waals surface area contributed by atoms with Crippen molar-refractivity contribution < 1.29 is 28.2 Å². The zero-order valence-electron chi connectivity index (χ0n) is 22.1. The van der Waals surface area contributed by atoms with Crippen LogP contribution in [0.3, 0.4) is 0 Å². The predicted octanol–water partition coefficient (Wildman–Crippen LogP) is 3.60. The third-order valence-corrected chi connectivity index (χ3v) is 5.91. The molecule has 0 saturated carbocycles. The van der Waals surface area contributed by atoms with Crippen LogP contribution in [0.2, 0.25) is 0 Å². The molecule has 0 spiro atoms. The second-order valence-corrected chi connectivity index (χ2v) is 9.46. The number of rotatable bonds is 14. The molecule has 0 aliphatic rings. The maximum atomic E-state index is 13.7. The van der Waals surface area contributed by atoms with Gasteiger partial charge in [-0.05, 0) is 74.6 Å².